The number of hydrogen-bond donors (Lipinski definition) is 1. The quantitative estimate of drug-likeness (QED) is 0.859. The Labute approximate surface area is 163 Å². The summed E-state index contributed by atoms with van der Waals surface area (Å²) in [6, 6.07) is 12.8. The van der Waals surface area contributed by atoms with E-state index in [2.05, 4.69) is 5.32 Å². The summed E-state index contributed by atoms with van der Waals surface area (Å²) in [6.07, 6.45) is 2.63. The van der Waals surface area contributed by atoms with Gasteiger partial charge in [-0.2, -0.15) is 0 Å². The van der Waals surface area contributed by atoms with Gasteiger partial charge in [0.15, 0.2) is 0 Å². The van der Waals surface area contributed by atoms with Crippen molar-refractivity contribution in [3.63, 3.8) is 0 Å². The molecule has 28 heavy (non-hydrogen) atoms. The summed E-state index contributed by atoms with van der Waals surface area (Å²) in [5, 5.41) is 2.93. The highest BCUT2D eigenvalue weighted by Crippen LogP contribution is 2.12. The van der Waals surface area contributed by atoms with Crippen LogP contribution in [0.5, 0.6) is 0 Å². The second-order valence-corrected chi connectivity index (χ2v) is 6.77. The van der Waals surface area contributed by atoms with Crippen LogP contribution in [0.25, 0.3) is 0 Å². The van der Waals surface area contributed by atoms with E-state index in [0.717, 1.165) is 5.56 Å². The van der Waals surface area contributed by atoms with Crippen LogP contribution in [0.1, 0.15) is 35.7 Å². The normalized spacial score (nSPS) is 14.5. The molecule has 7 heteroatoms. The molecule has 0 aliphatic carbocycles. The summed E-state index contributed by atoms with van der Waals surface area (Å²) < 4.78 is 6.54. The number of nitrogens with zero attached hydrogens (tertiary/aromatic N) is 2. The van der Waals surface area contributed by atoms with E-state index in [1.54, 1.807) is 30.2 Å². The van der Waals surface area contributed by atoms with E-state index in [0.29, 0.717) is 39.1 Å². The zero-order chi connectivity index (χ0) is 19.9. The van der Waals surface area contributed by atoms with Gasteiger partial charge in [0, 0.05) is 25.3 Å². The number of ether oxygens (including phenoxy) is 1. The Morgan fingerprint density at radius 1 is 1.11 bits per heavy atom. The largest absolute Gasteiger partial charge is 0.450 e. The molecule has 1 aliphatic heterocycles. The van der Waals surface area contributed by atoms with E-state index in [1.807, 2.05) is 30.3 Å². The predicted molar refractivity (Wildman–Crippen MR) is 105 cm³/mol. The Bertz CT molecular complexity index is 871. The number of rotatable bonds is 5. The first-order valence-electron chi connectivity index (χ1n) is 9.54. The van der Waals surface area contributed by atoms with Gasteiger partial charge in [-0.05, 0) is 37.5 Å². The van der Waals surface area contributed by atoms with E-state index in [-0.39, 0.29) is 29.2 Å². The minimum atomic E-state index is -0.373. The molecule has 0 unspecified atom stereocenters. The van der Waals surface area contributed by atoms with Crippen LogP contribution in [-0.2, 0) is 11.3 Å². The van der Waals surface area contributed by atoms with E-state index in [4.69, 9.17) is 4.74 Å². The maximum absolute atomic E-state index is 12.7. The lowest BCUT2D eigenvalue weighted by Crippen LogP contribution is -2.47. The van der Waals surface area contributed by atoms with E-state index >= 15 is 0 Å². The number of nitrogens with one attached hydrogen (secondary N) is 1. The zero-order valence-electron chi connectivity index (χ0n) is 16.0. The third-order valence-electron chi connectivity index (χ3n) is 4.82. The second-order valence-electron chi connectivity index (χ2n) is 6.77. The number of likely N-dealkylation sites (tertiary alicyclic amines) is 1. The van der Waals surface area contributed by atoms with Crippen LogP contribution in [0.2, 0.25) is 0 Å². The number of carbonyl (C=O) groups excluding carboxylic acids is 2. The van der Waals surface area contributed by atoms with Crippen molar-refractivity contribution < 1.29 is 14.3 Å². The summed E-state index contributed by atoms with van der Waals surface area (Å²) in [5.41, 5.74) is 0.813. The molecule has 2 heterocycles. The molecule has 148 valence electrons. The fourth-order valence-corrected chi connectivity index (χ4v) is 3.30. The summed E-state index contributed by atoms with van der Waals surface area (Å²) >= 11 is 0. The highest BCUT2D eigenvalue weighted by atomic mass is 16.6. The zero-order valence-corrected chi connectivity index (χ0v) is 16.0. The topological polar surface area (TPSA) is 80.6 Å². The molecule has 1 N–H and O–H groups in total. The molecule has 7 nitrogen and oxygen atoms in total. The first kappa shape index (κ1) is 19.7. The molecular formula is C21H25N3O4. The van der Waals surface area contributed by atoms with Crippen molar-refractivity contribution in [3.05, 3.63) is 70.1 Å². The fourth-order valence-electron chi connectivity index (χ4n) is 3.30. The first-order chi connectivity index (χ1) is 13.6. The number of pyridine rings is 1. The summed E-state index contributed by atoms with van der Waals surface area (Å²) in [5.74, 6) is -0.373. The maximum Gasteiger partial charge on any atom is 0.409 e. The molecule has 1 aromatic heterocycles. The molecule has 0 atom stereocenters. The van der Waals surface area contributed by atoms with E-state index < -0.39 is 0 Å². The van der Waals surface area contributed by atoms with Gasteiger partial charge in [0.2, 0.25) is 0 Å². The highest BCUT2D eigenvalue weighted by Gasteiger charge is 2.25. The Kier molecular flexibility index (Phi) is 6.47. The van der Waals surface area contributed by atoms with Crippen LogP contribution < -0.4 is 10.9 Å². The Morgan fingerprint density at radius 2 is 1.82 bits per heavy atom. The van der Waals surface area contributed by atoms with Gasteiger partial charge in [-0.3, -0.25) is 9.59 Å². The van der Waals surface area contributed by atoms with Gasteiger partial charge < -0.3 is 19.5 Å². The van der Waals surface area contributed by atoms with Gasteiger partial charge in [-0.25, -0.2) is 4.79 Å². The molecule has 2 aromatic rings. The van der Waals surface area contributed by atoms with Gasteiger partial charge in [-0.1, -0.05) is 30.3 Å². The molecule has 0 bridgehead atoms. The molecule has 1 aromatic carbocycles. The number of amides is 2. The molecule has 0 radical (unpaired) electrons. The molecular weight excluding hydrogens is 358 g/mol. The van der Waals surface area contributed by atoms with Crippen molar-refractivity contribution in [3.8, 4) is 0 Å². The van der Waals surface area contributed by atoms with E-state index in [1.165, 1.54) is 4.57 Å². The number of piperidine rings is 1. The third-order valence-corrected chi connectivity index (χ3v) is 4.82. The van der Waals surface area contributed by atoms with Crippen LogP contribution in [-0.4, -0.2) is 47.2 Å². The third kappa shape index (κ3) is 4.79. The molecule has 3 rings (SSSR count). The number of hydrogen-bond acceptors (Lipinski definition) is 4. The fraction of sp³-hybridized carbons (Fsp3) is 0.381. The second kappa shape index (κ2) is 9.21. The minimum absolute atomic E-state index is 0.0691. The minimum Gasteiger partial charge on any atom is -0.450 e. The standard InChI is InChI=1S/C21H25N3O4/c1-2-28-21(27)23-13-10-17(11-14-23)22-19(25)18-9-6-12-24(20(18)26)15-16-7-4-3-5-8-16/h3-9,12,17H,2,10-11,13-15H2,1H3,(H,22,25). The van der Waals surface area contributed by atoms with Crippen molar-refractivity contribution in [1.82, 2.24) is 14.8 Å². The maximum atomic E-state index is 12.7. The molecule has 1 fully saturated rings. The number of aromatic nitrogens is 1. The average molecular weight is 383 g/mol. The van der Waals surface area contributed by atoms with Crippen molar-refractivity contribution in [2.45, 2.75) is 32.4 Å². The average Bonchev–Trinajstić information content (AvgIpc) is 2.71. The molecule has 2 amide bonds. The Hall–Kier alpha value is -3.09. The molecule has 0 spiro atoms. The van der Waals surface area contributed by atoms with Gasteiger partial charge in [0.25, 0.3) is 11.5 Å². The lowest BCUT2D eigenvalue weighted by molar-refractivity contribution is 0.0858. The molecule has 0 saturated carbocycles. The van der Waals surface area contributed by atoms with Crippen LogP contribution in [0.4, 0.5) is 4.79 Å². The lowest BCUT2D eigenvalue weighted by Gasteiger charge is -2.31. The van der Waals surface area contributed by atoms with Crippen LogP contribution >= 0.6 is 0 Å². The van der Waals surface area contributed by atoms with Crippen molar-refractivity contribution >= 4 is 12.0 Å². The highest BCUT2D eigenvalue weighted by molar-refractivity contribution is 5.94. The first-order valence-corrected chi connectivity index (χ1v) is 9.54. The predicted octanol–water partition coefficient (Wildman–Crippen LogP) is 2.25. The SMILES string of the molecule is CCOC(=O)N1CCC(NC(=O)c2cccn(Cc3ccccc3)c2=O)CC1. The Morgan fingerprint density at radius 3 is 2.50 bits per heavy atom. The molecule has 1 aliphatic rings. The Balaban J connectivity index is 1.62. The monoisotopic (exact) mass is 383 g/mol. The van der Waals surface area contributed by atoms with Gasteiger partial charge in [0.1, 0.15) is 5.56 Å². The smallest absolute Gasteiger partial charge is 0.409 e. The lowest BCUT2D eigenvalue weighted by atomic mass is 10.0. The number of carbonyl (C=O) groups is 2. The summed E-state index contributed by atoms with van der Waals surface area (Å²) in [7, 11) is 0. The van der Waals surface area contributed by atoms with Crippen molar-refractivity contribution in [2.24, 2.45) is 0 Å². The van der Waals surface area contributed by atoms with E-state index in [9.17, 15) is 14.4 Å². The molecule has 1 saturated heterocycles. The van der Waals surface area contributed by atoms with Crippen LogP contribution in [0.3, 0.4) is 0 Å². The van der Waals surface area contributed by atoms with Crippen molar-refractivity contribution in [2.75, 3.05) is 19.7 Å². The summed E-state index contributed by atoms with van der Waals surface area (Å²) in [4.78, 5) is 38.7. The van der Waals surface area contributed by atoms with Gasteiger partial charge >= 0.3 is 6.09 Å². The summed E-state index contributed by atoms with van der Waals surface area (Å²) in [6.45, 7) is 3.58. The van der Waals surface area contributed by atoms with Crippen molar-refractivity contribution in [1.29, 1.82) is 0 Å². The van der Waals surface area contributed by atoms with Gasteiger partial charge in [-0.15, -0.1) is 0 Å². The van der Waals surface area contributed by atoms with Gasteiger partial charge in [0.05, 0.1) is 13.2 Å². The van der Waals surface area contributed by atoms with Crippen LogP contribution in [0, 0.1) is 0 Å². The number of benzene rings is 1. The van der Waals surface area contributed by atoms with Crippen LogP contribution in [0.15, 0.2) is 53.5 Å².